The average molecular weight is 157 g/mol. The zero-order valence-electron chi connectivity index (χ0n) is 6.55. The quantitative estimate of drug-likeness (QED) is 0.585. The van der Waals surface area contributed by atoms with E-state index in [9.17, 15) is 0 Å². The van der Waals surface area contributed by atoms with Crippen molar-refractivity contribution in [3.63, 3.8) is 0 Å². The van der Waals surface area contributed by atoms with Gasteiger partial charge < -0.3 is 0 Å². The van der Waals surface area contributed by atoms with Crippen molar-refractivity contribution < 1.29 is 0 Å². The van der Waals surface area contributed by atoms with Crippen LogP contribution in [0.15, 0.2) is 0 Å². The van der Waals surface area contributed by atoms with Gasteiger partial charge in [0.1, 0.15) is 0 Å². The second-order valence-corrected chi connectivity index (χ2v) is 3.92. The summed E-state index contributed by atoms with van der Waals surface area (Å²) in [6, 6.07) is 0. The Hall–Kier alpha value is 0.350. The molecule has 1 fully saturated rings. The Morgan fingerprint density at radius 3 is 2.40 bits per heavy atom. The van der Waals surface area contributed by atoms with Gasteiger partial charge in [0.2, 0.25) is 0 Å². The molecular weight excluding hydrogens is 140 g/mol. The van der Waals surface area contributed by atoms with Crippen LogP contribution in [0.3, 0.4) is 0 Å². The Kier molecular flexibility index (Phi) is 3.61. The van der Waals surface area contributed by atoms with E-state index in [0.717, 1.165) is 12.3 Å². The molecule has 1 atom stereocenters. The van der Waals surface area contributed by atoms with Crippen molar-refractivity contribution in [3.8, 4) is 0 Å². The molecule has 1 unspecified atom stereocenters. The first-order chi connectivity index (χ1) is 4.84. The van der Waals surface area contributed by atoms with E-state index in [4.69, 9.17) is 0 Å². The third kappa shape index (κ3) is 2.19. The lowest BCUT2D eigenvalue weighted by molar-refractivity contribution is 0.350. The highest BCUT2D eigenvalue weighted by molar-refractivity contribution is 7.81. The van der Waals surface area contributed by atoms with E-state index in [0.29, 0.717) is 5.25 Å². The van der Waals surface area contributed by atoms with Gasteiger partial charge in [-0.25, -0.2) is 0 Å². The number of thiol groups is 1. The van der Waals surface area contributed by atoms with Crippen LogP contribution in [-0.2, 0) is 0 Å². The molecule has 1 saturated carbocycles. The molecule has 1 rings (SSSR count). The molecule has 59 valence electrons. The van der Waals surface area contributed by atoms with Gasteiger partial charge in [-0.2, -0.15) is 12.6 Å². The fourth-order valence-corrected chi connectivity index (χ4v) is 2.05. The van der Waals surface area contributed by atoms with Crippen LogP contribution in [0.25, 0.3) is 0 Å². The van der Waals surface area contributed by atoms with Crippen molar-refractivity contribution in [2.75, 3.05) is 0 Å². The SMILES string of the molecule is [CH2]CC(S)C1CCCCC1. The molecule has 1 heteroatoms. The topological polar surface area (TPSA) is 0 Å². The fraction of sp³-hybridized carbons (Fsp3) is 0.889. The molecule has 1 radical (unpaired) electrons. The summed E-state index contributed by atoms with van der Waals surface area (Å²) in [5.74, 6) is 0.870. The van der Waals surface area contributed by atoms with Crippen LogP contribution < -0.4 is 0 Å². The van der Waals surface area contributed by atoms with Crippen molar-refractivity contribution in [3.05, 3.63) is 6.92 Å². The lowest BCUT2D eigenvalue weighted by Crippen LogP contribution is -2.17. The molecule has 0 bridgehead atoms. The minimum atomic E-state index is 0.570. The normalized spacial score (nSPS) is 24.6. The van der Waals surface area contributed by atoms with Crippen LogP contribution in [0.1, 0.15) is 38.5 Å². The van der Waals surface area contributed by atoms with Gasteiger partial charge in [-0.05, 0) is 25.2 Å². The third-order valence-electron chi connectivity index (χ3n) is 2.49. The van der Waals surface area contributed by atoms with Crippen LogP contribution in [-0.4, -0.2) is 5.25 Å². The summed E-state index contributed by atoms with van der Waals surface area (Å²) in [5, 5.41) is 0.570. The first-order valence-corrected chi connectivity index (χ1v) is 4.83. The zero-order valence-corrected chi connectivity index (χ0v) is 7.45. The van der Waals surface area contributed by atoms with Gasteiger partial charge in [-0.1, -0.05) is 26.2 Å². The molecule has 0 amide bonds. The Labute approximate surface area is 69.8 Å². The van der Waals surface area contributed by atoms with Gasteiger partial charge in [0, 0.05) is 5.25 Å². The number of hydrogen-bond acceptors (Lipinski definition) is 1. The molecule has 0 N–H and O–H groups in total. The maximum Gasteiger partial charge on any atom is 0.00450 e. The minimum Gasteiger partial charge on any atom is -0.176 e. The molecule has 0 aromatic carbocycles. The van der Waals surface area contributed by atoms with Gasteiger partial charge >= 0.3 is 0 Å². The van der Waals surface area contributed by atoms with E-state index in [1.165, 1.54) is 32.1 Å². The molecule has 0 aromatic heterocycles. The molecule has 0 spiro atoms. The first-order valence-electron chi connectivity index (χ1n) is 4.32. The van der Waals surface area contributed by atoms with Crippen molar-refractivity contribution in [1.82, 2.24) is 0 Å². The van der Waals surface area contributed by atoms with Gasteiger partial charge in [0.15, 0.2) is 0 Å². The predicted molar refractivity (Wildman–Crippen MR) is 49.3 cm³/mol. The summed E-state index contributed by atoms with van der Waals surface area (Å²) in [5.41, 5.74) is 0. The fourth-order valence-electron chi connectivity index (χ4n) is 1.75. The highest BCUT2D eigenvalue weighted by atomic mass is 32.1. The highest BCUT2D eigenvalue weighted by Gasteiger charge is 2.18. The third-order valence-corrected chi connectivity index (χ3v) is 3.17. The van der Waals surface area contributed by atoms with Crippen molar-refractivity contribution >= 4 is 12.6 Å². The molecule has 1 aliphatic carbocycles. The van der Waals surface area contributed by atoms with E-state index < -0.39 is 0 Å². The van der Waals surface area contributed by atoms with E-state index in [2.05, 4.69) is 19.6 Å². The maximum atomic E-state index is 4.51. The highest BCUT2D eigenvalue weighted by Crippen LogP contribution is 2.29. The van der Waals surface area contributed by atoms with Gasteiger partial charge in [-0.3, -0.25) is 0 Å². The lowest BCUT2D eigenvalue weighted by Gasteiger charge is -2.25. The van der Waals surface area contributed by atoms with Crippen LogP contribution in [0.5, 0.6) is 0 Å². The zero-order chi connectivity index (χ0) is 7.40. The predicted octanol–water partition coefficient (Wildman–Crippen LogP) is 3.09. The second-order valence-electron chi connectivity index (χ2n) is 3.25. The molecule has 1 aliphatic rings. The van der Waals surface area contributed by atoms with Crippen molar-refractivity contribution in [1.29, 1.82) is 0 Å². The second kappa shape index (κ2) is 4.27. The maximum absolute atomic E-state index is 4.51. The lowest BCUT2D eigenvalue weighted by atomic mass is 9.86. The van der Waals surface area contributed by atoms with Gasteiger partial charge in [-0.15, -0.1) is 0 Å². The Morgan fingerprint density at radius 1 is 1.30 bits per heavy atom. The molecule has 0 nitrogen and oxygen atoms in total. The molecule has 10 heavy (non-hydrogen) atoms. The molecular formula is C9H17S. The van der Waals surface area contributed by atoms with E-state index >= 15 is 0 Å². The Balaban J connectivity index is 2.24. The van der Waals surface area contributed by atoms with Gasteiger partial charge in [0.25, 0.3) is 0 Å². The summed E-state index contributed by atoms with van der Waals surface area (Å²) >= 11 is 4.51. The van der Waals surface area contributed by atoms with Gasteiger partial charge in [0.05, 0.1) is 0 Å². The number of hydrogen-bond donors (Lipinski definition) is 1. The largest absolute Gasteiger partial charge is 0.176 e. The first kappa shape index (κ1) is 8.45. The summed E-state index contributed by atoms with van der Waals surface area (Å²) in [4.78, 5) is 0. The number of rotatable bonds is 2. The van der Waals surface area contributed by atoms with E-state index in [1.54, 1.807) is 0 Å². The molecule has 0 aliphatic heterocycles. The summed E-state index contributed by atoms with van der Waals surface area (Å²) in [6.45, 7) is 3.88. The minimum absolute atomic E-state index is 0.570. The monoisotopic (exact) mass is 157 g/mol. The average Bonchev–Trinajstić information content (AvgIpc) is 2.05. The standard InChI is InChI=1S/C9H17S/c1-2-9(10)8-6-4-3-5-7-8/h8-10H,1-7H2. The van der Waals surface area contributed by atoms with Crippen LogP contribution in [0.4, 0.5) is 0 Å². The summed E-state index contributed by atoms with van der Waals surface area (Å²) < 4.78 is 0. The molecule has 0 saturated heterocycles. The van der Waals surface area contributed by atoms with Crippen LogP contribution in [0, 0.1) is 12.8 Å². The summed E-state index contributed by atoms with van der Waals surface area (Å²) in [7, 11) is 0. The summed E-state index contributed by atoms with van der Waals surface area (Å²) in [6.07, 6.45) is 8.05. The van der Waals surface area contributed by atoms with Crippen LogP contribution >= 0.6 is 12.6 Å². The molecule has 0 heterocycles. The smallest absolute Gasteiger partial charge is 0.00450 e. The van der Waals surface area contributed by atoms with Crippen molar-refractivity contribution in [2.24, 2.45) is 5.92 Å². The Bertz CT molecular complexity index is 84.7. The van der Waals surface area contributed by atoms with E-state index in [1.807, 2.05) is 0 Å². The Morgan fingerprint density at radius 2 is 1.90 bits per heavy atom. The van der Waals surface area contributed by atoms with Crippen molar-refractivity contribution in [2.45, 2.75) is 43.8 Å². The van der Waals surface area contributed by atoms with Crippen LogP contribution in [0.2, 0.25) is 0 Å². The molecule has 0 aromatic rings. The van der Waals surface area contributed by atoms with E-state index in [-0.39, 0.29) is 0 Å².